The summed E-state index contributed by atoms with van der Waals surface area (Å²) in [7, 11) is -3.00. The summed E-state index contributed by atoms with van der Waals surface area (Å²) < 4.78 is 25.6. The Morgan fingerprint density at radius 1 is 1.50 bits per heavy atom. The number of alkyl halides is 1. The number of sulfone groups is 1. The Labute approximate surface area is 122 Å². The van der Waals surface area contributed by atoms with Crippen molar-refractivity contribution in [3.63, 3.8) is 0 Å². The van der Waals surface area contributed by atoms with E-state index in [4.69, 9.17) is 11.6 Å². The Hall–Kier alpha value is -1.14. The van der Waals surface area contributed by atoms with Crippen molar-refractivity contribution in [3.8, 4) is 0 Å². The summed E-state index contributed by atoms with van der Waals surface area (Å²) in [6.07, 6.45) is 2.34. The standard InChI is InChI=1S/C13H16ClN3O2S/c1-9-5-10-12(15-7-9)17(11(6-14)16-10)13(2)3-4-20(18,19)8-13/h5,7H,3-4,6,8H2,1-2H3. The van der Waals surface area contributed by atoms with Crippen LogP contribution in [0.25, 0.3) is 11.2 Å². The number of hydrogen-bond acceptors (Lipinski definition) is 4. The van der Waals surface area contributed by atoms with Crippen LogP contribution in [0.1, 0.15) is 24.7 Å². The largest absolute Gasteiger partial charge is 0.305 e. The van der Waals surface area contributed by atoms with Gasteiger partial charge in [-0.2, -0.15) is 0 Å². The molecule has 1 saturated heterocycles. The highest BCUT2D eigenvalue weighted by Crippen LogP contribution is 2.34. The molecule has 0 saturated carbocycles. The van der Waals surface area contributed by atoms with E-state index in [1.54, 1.807) is 6.20 Å². The molecule has 7 heteroatoms. The van der Waals surface area contributed by atoms with Crippen LogP contribution in [0, 0.1) is 6.92 Å². The highest BCUT2D eigenvalue weighted by molar-refractivity contribution is 7.91. The van der Waals surface area contributed by atoms with Crippen molar-refractivity contribution in [3.05, 3.63) is 23.7 Å². The highest BCUT2D eigenvalue weighted by Gasteiger charge is 2.42. The molecule has 0 aliphatic carbocycles. The normalized spacial score (nSPS) is 25.4. The molecule has 108 valence electrons. The molecule has 2 aromatic rings. The predicted octanol–water partition coefficient (Wildman–Crippen LogP) is 2.01. The zero-order chi connectivity index (χ0) is 14.5. The van der Waals surface area contributed by atoms with Gasteiger partial charge in [-0.25, -0.2) is 18.4 Å². The van der Waals surface area contributed by atoms with E-state index >= 15 is 0 Å². The second-order valence-electron chi connectivity index (χ2n) is 5.69. The number of imidazole rings is 1. The van der Waals surface area contributed by atoms with Crippen molar-refractivity contribution >= 4 is 32.6 Å². The van der Waals surface area contributed by atoms with E-state index in [0.717, 1.165) is 11.1 Å². The van der Waals surface area contributed by atoms with Crippen LogP contribution >= 0.6 is 11.6 Å². The number of aryl methyl sites for hydroxylation is 1. The minimum atomic E-state index is -3.00. The maximum Gasteiger partial charge on any atom is 0.160 e. The summed E-state index contributed by atoms with van der Waals surface area (Å²) in [5.41, 5.74) is 1.99. The molecule has 0 amide bonds. The molecule has 0 bridgehead atoms. The van der Waals surface area contributed by atoms with Crippen LogP contribution in [0.5, 0.6) is 0 Å². The minimum absolute atomic E-state index is 0.116. The van der Waals surface area contributed by atoms with Gasteiger partial charge in [0.2, 0.25) is 0 Å². The van der Waals surface area contributed by atoms with Crippen molar-refractivity contribution in [1.82, 2.24) is 14.5 Å². The Morgan fingerprint density at radius 2 is 2.25 bits per heavy atom. The van der Waals surface area contributed by atoms with Crippen LogP contribution < -0.4 is 0 Å². The average Bonchev–Trinajstić information content (AvgIpc) is 2.86. The number of rotatable bonds is 2. The first-order valence-corrected chi connectivity index (χ1v) is 8.81. The van der Waals surface area contributed by atoms with Gasteiger partial charge in [-0.05, 0) is 31.9 Å². The van der Waals surface area contributed by atoms with E-state index in [9.17, 15) is 8.42 Å². The van der Waals surface area contributed by atoms with Gasteiger partial charge >= 0.3 is 0 Å². The molecule has 0 radical (unpaired) electrons. The fourth-order valence-corrected chi connectivity index (χ4v) is 5.23. The molecule has 1 fully saturated rings. The van der Waals surface area contributed by atoms with Crippen molar-refractivity contribution < 1.29 is 8.42 Å². The topological polar surface area (TPSA) is 64.8 Å². The second-order valence-corrected chi connectivity index (χ2v) is 8.14. The van der Waals surface area contributed by atoms with Crippen LogP contribution in [0.2, 0.25) is 0 Å². The first-order valence-electron chi connectivity index (χ1n) is 6.45. The molecule has 20 heavy (non-hydrogen) atoms. The average molecular weight is 314 g/mol. The van der Waals surface area contributed by atoms with Gasteiger partial charge in [0, 0.05) is 6.20 Å². The van der Waals surface area contributed by atoms with E-state index < -0.39 is 15.4 Å². The molecule has 1 aliphatic rings. The lowest BCUT2D eigenvalue weighted by Crippen LogP contribution is -2.33. The van der Waals surface area contributed by atoms with Crippen LogP contribution in [-0.4, -0.2) is 34.5 Å². The van der Waals surface area contributed by atoms with Gasteiger partial charge in [-0.15, -0.1) is 11.6 Å². The number of fused-ring (bicyclic) bond motifs is 1. The van der Waals surface area contributed by atoms with Crippen molar-refractivity contribution in [2.45, 2.75) is 31.7 Å². The molecule has 0 aromatic carbocycles. The lowest BCUT2D eigenvalue weighted by atomic mass is 10.0. The maximum atomic E-state index is 11.8. The van der Waals surface area contributed by atoms with Gasteiger partial charge < -0.3 is 4.57 Å². The number of halogens is 1. The molecule has 0 N–H and O–H groups in total. The molecule has 5 nitrogen and oxygen atoms in total. The zero-order valence-corrected chi connectivity index (χ0v) is 13.0. The molecular weight excluding hydrogens is 298 g/mol. The second kappa shape index (κ2) is 4.43. The summed E-state index contributed by atoms with van der Waals surface area (Å²) in [6.45, 7) is 3.89. The third-order valence-electron chi connectivity index (χ3n) is 3.85. The summed E-state index contributed by atoms with van der Waals surface area (Å²) in [5, 5.41) is 0. The van der Waals surface area contributed by atoms with Gasteiger partial charge in [0.05, 0.1) is 22.9 Å². The van der Waals surface area contributed by atoms with Crippen molar-refractivity contribution in [2.24, 2.45) is 0 Å². The first kappa shape index (κ1) is 13.8. The van der Waals surface area contributed by atoms with E-state index in [1.165, 1.54) is 0 Å². The number of hydrogen-bond donors (Lipinski definition) is 0. The van der Waals surface area contributed by atoms with E-state index in [-0.39, 0.29) is 17.4 Å². The first-order chi connectivity index (χ1) is 9.35. The Bertz CT molecular complexity index is 784. The van der Waals surface area contributed by atoms with Gasteiger partial charge in [0.15, 0.2) is 15.5 Å². The smallest absolute Gasteiger partial charge is 0.160 e. The number of pyridine rings is 1. The van der Waals surface area contributed by atoms with Gasteiger partial charge in [-0.1, -0.05) is 0 Å². The highest BCUT2D eigenvalue weighted by atomic mass is 35.5. The van der Waals surface area contributed by atoms with Crippen molar-refractivity contribution in [2.75, 3.05) is 11.5 Å². The SMILES string of the molecule is Cc1cnc2c(c1)nc(CCl)n2C1(C)CCS(=O)(=O)C1. The quantitative estimate of drug-likeness (QED) is 0.796. The molecule has 1 aliphatic heterocycles. The zero-order valence-electron chi connectivity index (χ0n) is 11.4. The Kier molecular flexibility index (Phi) is 3.06. The van der Waals surface area contributed by atoms with Gasteiger partial charge in [0.25, 0.3) is 0 Å². The number of nitrogens with zero attached hydrogens (tertiary/aromatic N) is 3. The summed E-state index contributed by atoms with van der Waals surface area (Å²) >= 11 is 5.99. The maximum absolute atomic E-state index is 11.8. The van der Waals surface area contributed by atoms with Gasteiger partial charge in [0.1, 0.15) is 11.3 Å². The van der Waals surface area contributed by atoms with Crippen LogP contribution in [0.3, 0.4) is 0 Å². The fourth-order valence-electron chi connectivity index (χ4n) is 2.94. The summed E-state index contributed by atoms with van der Waals surface area (Å²) in [5.74, 6) is 1.24. The van der Waals surface area contributed by atoms with Crippen LogP contribution in [0.4, 0.5) is 0 Å². The van der Waals surface area contributed by atoms with Crippen molar-refractivity contribution in [1.29, 1.82) is 0 Å². The molecule has 0 spiro atoms. The molecule has 1 atom stereocenters. The third-order valence-corrected chi connectivity index (χ3v) is 5.97. The lowest BCUT2D eigenvalue weighted by molar-refractivity contribution is 0.365. The summed E-state index contributed by atoms with van der Waals surface area (Å²) in [4.78, 5) is 8.94. The molecule has 1 unspecified atom stereocenters. The summed E-state index contributed by atoms with van der Waals surface area (Å²) in [6, 6.07) is 1.95. The van der Waals surface area contributed by atoms with E-state index in [0.29, 0.717) is 17.9 Å². The van der Waals surface area contributed by atoms with E-state index in [1.807, 2.05) is 24.5 Å². The van der Waals surface area contributed by atoms with E-state index in [2.05, 4.69) is 9.97 Å². The number of aromatic nitrogens is 3. The Balaban J connectivity index is 2.25. The Morgan fingerprint density at radius 3 is 2.85 bits per heavy atom. The molecule has 3 heterocycles. The van der Waals surface area contributed by atoms with Gasteiger partial charge in [-0.3, -0.25) is 0 Å². The minimum Gasteiger partial charge on any atom is -0.305 e. The third kappa shape index (κ3) is 2.11. The molecule has 3 rings (SSSR count). The molecule has 2 aromatic heterocycles. The lowest BCUT2D eigenvalue weighted by Gasteiger charge is -2.26. The van der Waals surface area contributed by atoms with Crippen LogP contribution in [0.15, 0.2) is 12.3 Å². The molecular formula is C13H16ClN3O2S. The predicted molar refractivity (Wildman–Crippen MR) is 78.7 cm³/mol. The van der Waals surface area contributed by atoms with Crippen LogP contribution in [-0.2, 0) is 21.3 Å². The monoisotopic (exact) mass is 313 g/mol. The fraction of sp³-hybridized carbons (Fsp3) is 0.538.